The second kappa shape index (κ2) is 9.71. The second-order valence-electron chi connectivity index (χ2n) is 6.98. The van der Waals surface area contributed by atoms with Crippen molar-refractivity contribution in [1.29, 1.82) is 0 Å². The molecule has 0 aliphatic carbocycles. The fourth-order valence-corrected chi connectivity index (χ4v) is 5.33. The van der Waals surface area contributed by atoms with Crippen molar-refractivity contribution >= 4 is 74.3 Å². The Hall–Kier alpha value is -2.56. The Balaban J connectivity index is 1.84. The molecular formula is C21H21N3O4S3. The van der Waals surface area contributed by atoms with Crippen LogP contribution in [0.5, 0.6) is 0 Å². The molecule has 1 aromatic carbocycles. The quantitative estimate of drug-likeness (QED) is 0.465. The first-order valence-corrected chi connectivity index (χ1v) is 11.6. The molecule has 1 saturated heterocycles. The zero-order valence-corrected chi connectivity index (χ0v) is 19.7. The average molecular weight is 476 g/mol. The number of thiocarbonyl (C=S) groups is 1. The number of carboxylic acid groups (broad SMARTS) is 1. The lowest BCUT2D eigenvalue weighted by molar-refractivity contribution is -0.137. The zero-order chi connectivity index (χ0) is 22.7. The number of thiazole rings is 1. The molecular weight excluding hydrogens is 454 g/mol. The largest absolute Gasteiger partial charge is 0.481 e. The van der Waals surface area contributed by atoms with Crippen molar-refractivity contribution in [3.05, 3.63) is 45.3 Å². The van der Waals surface area contributed by atoms with Gasteiger partial charge in [-0.15, -0.1) is 11.3 Å². The third kappa shape index (κ3) is 5.20. The number of para-hydroxylation sites is 1. The number of carboxylic acids is 1. The van der Waals surface area contributed by atoms with Crippen LogP contribution in [0.4, 0.5) is 10.8 Å². The number of carbonyl (C=O) groups is 3. The van der Waals surface area contributed by atoms with Crippen LogP contribution in [-0.2, 0) is 14.4 Å². The molecule has 0 unspecified atom stereocenters. The molecule has 2 heterocycles. The van der Waals surface area contributed by atoms with E-state index < -0.39 is 5.97 Å². The predicted octanol–water partition coefficient (Wildman–Crippen LogP) is 4.51. The van der Waals surface area contributed by atoms with E-state index in [-0.39, 0.29) is 24.8 Å². The Bertz CT molecular complexity index is 1070. The standard InChI is InChI=1S/C21H21N3O4S3/c1-12-6-4-7-13(2)18(12)24(14(3)25)20-22-15(11-30-20)10-16-19(28)23(21(29)31-16)9-5-8-17(26)27/h4,6-7,10-11H,5,8-9H2,1-3H3,(H,26,27)/b16-10-. The molecule has 3 rings (SSSR count). The Morgan fingerprint density at radius 2 is 1.97 bits per heavy atom. The minimum absolute atomic E-state index is 0.0231. The number of aliphatic carboxylic acids is 1. The van der Waals surface area contributed by atoms with Gasteiger partial charge in [0.15, 0.2) is 5.13 Å². The van der Waals surface area contributed by atoms with E-state index in [1.165, 1.54) is 34.9 Å². The van der Waals surface area contributed by atoms with E-state index in [0.717, 1.165) is 16.8 Å². The highest BCUT2D eigenvalue weighted by atomic mass is 32.2. The first-order chi connectivity index (χ1) is 14.7. The van der Waals surface area contributed by atoms with Crippen molar-refractivity contribution in [2.75, 3.05) is 11.4 Å². The zero-order valence-electron chi connectivity index (χ0n) is 17.2. The summed E-state index contributed by atoms with van der Waals surface area (Å²) in [6.45, 7) is 5.65. The maximum absolute atomic E-state index is 12.7. The summed E-state index contributed by atoms with van der Waals surface area (Å²) >= 11 is 7.76. The number of anilines is 2. The van der Waals surface area contributed by atoms with Gasteiger partial charge in [-0.25, -0.2) is 4.98 Å². The summed E-state index contributed by atoms with van der Waals surface area (Å²) in [4.78, 5) is 43.8. The number of aromatic nitrogens is 1. The van der Waals surface area contributed by atoms with E-state index in [1.54, 1.807) is 16.4 Å². The first kappa shape index (κ1) is 23.1. The number of benzene rings is 1. The van der Waals surface area contributed by atoms with Crippen LogP contribution >= 0.6 is 35.3 Å². The number of carbonyl (C=O) groups excluding carboxylic acids is 2. The molecule has 1 aromatic heterocycles. The molecule has 1 aliphatic rings. The lowest BCUT2D eigenvalue weighted by Gasteiger charge is -2.22. The van der Waals surface area contributed by atoms with Gasteiger partial charge in [0.1, 0.15) is 4.32 Å². The Morgan fingerprint density at radius 3 is 2.58 bits per heavy atom. The molecule has 0 spiro atoms. The molecule has 2 aromatic rings. The van der Waals surface area contributed by atoms with Crippen LogP contribution in [-0.4, -0.2) is 43.6 Å². The number of aryl methyl sites for hydroxylation is 2. The second-order valence-corrected chi connectivity index (χ2v) is 9.49. The van der Waals surface area contributed by atoms with E-state index in [2.05, 4.69) is 4.98 Å². The van der Waals surface area contributed by atoms with Gasteiger partial charge >= 0.3 is 5.97 Å². The highest BCUT2D eigenvalue weighted by Gasteiger charge is 2.32. The van der Waals surface area contributed by atoms with Crippen LogP contribution in [0.1, 0.15) is 36.6 Å². The number of rotatable bonds is 7. The lowest BCUT2D eigenvalue weighted by atomic mass is 10.1. The van der Waals surface area contributed by atoms with Crippen molar-refractivity contribution < 1.29 is 19.5 Å². The first-order valence-electron chi connectivity index (χ1n) is 9.48. The molecule has 0 radical (unpaired) electrons. The molecule has 10 heteroatoms. The van der Waals surface area contributed by atoms with Gasteiger partial charge in [-0.3, -0.25) is 24.2 Å². The number of amides is 2. The number of hydrogen-bond acceptors (Lipinski definition) is 7. The Labute approximate surface area is 193 Å². The molecule has 0 bridgehead atoms. The van der Waals surface area contributed by atoms with Crippen molar-refractivity contribution in [3.63, 3.8) is 0 Å². The van der Waals surface area contributed by atoms with Gasteiger partial charge in [0.25, 0.3) is 5.91 Å². The van der Waals surface area contributed by atoms with Gasteiger partial charge in [-0.1, -0.05) is 42.2 Å². The topological polar surface area (TPSA) is 90.8 Å². The molecule has 0 atom stereocenters. The fraction of sp³-hybridized carbons (Fsp3) is 0.286. The van der Waals surface area contributed by atoms with Gasteiger partial charge < -0.3 is 5.11 Å². The predicted molar refractivity (Wildman–Crippen MR) is 128 cm³/mol. The van der Waals surface area contributed by atoms with Gasteiger partial charge in [0, 0.05) is 25.3 Å². The molecule has 1 N–H and O–H groups in total. The normalized spacial score (nSPS) is 15.1. The molecule has 1 fully saturated rings. The maximum atomic E-state index is 12.7. The smallest absolute Gasteiger partial charge is 0.303 e. The molecule has 162 valence electrons. The van der Waals surface area contributed by atoms with Crippen LogP contribution < -0.4 is 4.90 Å². The Kier molecular flexibility index (Phi) is 7.24. The lowest BCUT2D eigenvalue weighted by Crippen LogP contribution is -2.29. The maximum Gasteiger partial charge on any atom is 0.303 e. The van der Waals surface area contributed by atoms with Crippen molar-refractivity contribution in [1.82, 2.24) is 9.88 Å². The van der Waals surface area contributed by atoms with Gasteiger partial charge in [-0.2, -0.15) is 0 Å². The highest BCUT2D eigenvalue weighted by molar-refractivity contribution is 8.26. The van der Waals surface area contributed by atoms with Crippen molar-refractivity contribution in [2.45, 2.75) is 33.6 Å². The van der Waals surface area contributed by atoms with Crippen molar-refractivity contribution in [3.8, 4) is 0 Å². The molecule has 2 amide bonds. The number of nitrogens with zero attached hydrogens (tertiary/aromatic N) is 3. The van der Waals surface area contributed by atoms with Crippen LogP contribution in [0.15, 0.2) is 28.5 Å². The fourth-order valence-electron chi connectivity index (χ4n) is 3.21. The SMILES string of the molecule is CC(=O)N(c1nc(/C=C2\SC(=S)N(CCCC(=O)O)C2=O)cs1)c1c(C)cccc1C. The van der Waals surface area contributed by atoms with Crippen molar-refractivity contribution in [2.24, 2.45) is 0 Å². The van der Waals surface area contributed by atoms with Crippen LogP contribution in [0.2, 0.25) is 0 Å². The van der Waals surface area contributed by atoms with Gasteiger partial charge in [-0.05, 0) is 37.5 Å². The van der Waals surface area contributed by atoms with E-state index in [1.807, 2.05) is 32.0 Å². The summed E-state index contributed by atoms with van der Waals surface area (Å²) in [6, 6.07) is 5.84. The monoisotopic (exact) mass is 475 g/mol. The van der Waals surface area contributed by atoms with Gasteiger partial charge in [0.2, 0.25) is 5.91 Å². The molecule has 1 aliphatic heterocycles. The third-order valence-corrected chi connectivity index (χ3v) is 6.83. The van der Waals surface area contributed by atoms with E-state index >= 15 is 0 Å². The average Bonchev–Trinajstić information content (AvgIpc) is 3.24. The summed E-state index contributed by atoms with van der Waals surface area (Å²) in [6.07, 6.45) is 1.96. The molecule has 7 nitrogen and oxygen atoms in total. The summed E-state index contributed by atoms with van der Waals surface area (Å²) in [5.74, 6) is -1.31. The minimum atomic E-state index is -0.907. The van der Waals surface area contributed by atoms with E-state index in [0.29, 0.717) is 26.5 Å². The summed E-state index contributed by atoms with van der Waals surface area (Å²) in [5, 5.41) is 11.1. The molecule has 31 heavy (non-hydrogen) atoms. The summed E-state index contributed by atoms with van der Waals surface area (Å²) in [7, 11) is 0. The number of hydrogen-bond donors (Lipinski definition) is 1. The van der Waals surface area contributed by atoms with Gasteiger partial charge in [0.05, 0.1) is 16.3 Å². The summed E-state index contributed by atoms with van der Waals surface area (Å²) in [5.41, 5.74) is 3.30. The van der Waals surface area contributed by atoms with Crippen LogP contribution in [0.25, 0.3) is 6.08 Å². The van der Waals surface area contributed by atoms with Crippen LogP contribution in [0.3, 0.4) is 0 Å². The number of thioether (sulfide) groups is 1. The van der Waals surface area contributed by atoms with E-state index in [9.17, 15) is 14.4 Å². The molecule has 0 saturated carbocycles. The Morgan fingerprint density at radius 1 is 1.29 bits per heavy atom. The summed E-state index contributed by atoms with van der Waals surface area (Å²) < 4.78 is 0.401. The van der Waals surface area contributed by atoms with Crippen LogP contribution in [0, 0.1) is 13.8 Å². The third-order valence-electron chi connectivity index (χ3n) is 4.60. The highest BCUT2D eigenvalue weighted by Crippen LogP contribution is 2.36. The van der Waals surface area contributed by atoms with E-state index in [4.69, 9.17) is 17.3 Å². The minimum Gasteiger partial charge on any atom is -0.481 e.